The van der Waals surface area contributed by atoms with Gasteiger partial charge >= 0.3 is 0 Å². The van der Waals surface area contributed by atoms with Crippen molar-refractivity contribution in [1.82, 2.24) is 0 Å². The molecule has 1 rings (SSSR count). The Morgan fingerprint density at radius 3 is 2.29 bits per heavy atom. The first-order chi connectivity index (χ1) is 6.57. The van der Waals surface area contributed by atoms with Gasteiger partial charge in [0.2, 0.25) is 0 Å². The van der Waals surface area contributed by atoms with Crippen LogP contribution in [0, 0.1) is 29.6 Å². The van der Waals surface area contributed by atoms with Crippen molar-refractivity contribution in [1.29, 1.82) is 0 Å². The molecule has 1 saturated carbocycles. The Morgan fingerprint density at radius 1 is 1.21 bits per heavy atom. The van der Waals surface area contributed by atoms with Crippen LogP contribution in [0.3, 0.4) is 0 Å². The monoisotopic (exact) mass is 196 g/mol. The summed E-state index contributed by atoms with van der Waals surface area (Å²) in [6.45, 7) is 12.0. The molecule has 84 valence electrons. The summed E-state index contributed by atoms with van der Waals surface area (Å²) in [4.78, 5) is 0. The summed E-state index contributed by atoms with van der Waals surface area (Å²) in [5, 5.41) is 0. The lowest BCUT2D eigenvalue weighted by Crippen LogP contribution is -2.41. The van der Waals surface area contributed by atoms with Gasteiger partial charge in [-0.1, -0.05) is 53.9 Å². The van der Waals surface area contributed by atoms with Crippen molar-refractivity contribution >= 4 is 0 Å². The molecule has 0 aromatic carbocycles. The Hall–Kier alpha value is 0. The van der Waals surface area contributed by atoms with E-state index in [0.29, 0.717) is 0 Å². The predicted molar refractivity (Wildman–Crippen MR) is 64.3 cm³/mol. The van der Waals surface area contributed by atoms with Crippen LogP contribution in [0.2, 0.25) is 0 Å². The predicted octanol–water partition coefficient (Wildman–Crippen LogP) is 4.74. The van der Waals surface area contributed by atoms with E-state index in [1.165, 1.54) is 25.7 Å². The van der Waals surface area contributed by atoms with Crippen molar-refractivity contribution in [2.24, 2.45) is 29.6 Å². The lowest BCUT2D eigenvalue weighted by molar-refractivity contribution is 0.00225. The molecular formula is C14H28. The summed E-state index contributed by atoms with van der Waals surface area (Å²) in [6.07, 6.45) is 5.74. The van der Waals surface area contributed by atoms with E-state index in [4.69, 9.17) is 0 Å². The summed E-state index contributed by atoms with van der Waals surface area (Å²) < 4.78 is 0. The summed E-state index contributed by atoms with van der Waals surface area (Å²) >= 11 is 0. The van der Waals surface area contributed by atoms with Crippen molar-refractivity contribution in [2.75, 3.05) is 0 Å². The van der Waals surface area contributed by atoms with E-state index >= 15 is 0 Å². The Kier molecular flexibility index (Phi) is 4.47. The molecule has 0 bridgehead atoms. The van der Waals surface area contributed by atoms with E-state index in [0.717, 1.165) is 29.6 Å². The average Bonchev–Trinajstić information content (AvgIpc) is 2.08. The summed E-state index contributed by atoms with van der Waals surface area (Å²) in [7, 11) is 0. The van der Waals surface area contributed by atoms with Crippen molar-refractivity contribution in [3.63, 3.8) is 0 Å². The van der Waals surface area contributed by atoms with E-state index in [-0.39, 0.29) is 0 Å². The summed E-state index contributed by atoms with van der Waals surface area (Å²) in [5.41, 5.74) is 0. The normalized spacial score (nSPS) is 34.3. The van der Waals surface area contributed by atoms with Crippen LogP contribution in [0.5, 0.6) is 0 Å². The van der Waals surface area contributed by atoms with Crippen molar-refractivity contribution < 1.29 is 0 Å². The van der Waals surface area contributed by atoms with Crippen molar-refractivity contribution in [2.45, 2.75) is 60.3 Å². The first kappa shape index (κ1) is 12.1. The van der Waals surface area contributed by atoms with Crippen LogP contribution < -0.4 is 0 Å². The lowest BCUT2D eigenvalue weighted by Gasteiger charge is -2.49. The zero-order valence-corrected chi connectivity index (χ0v) is 10.7. The highest BCUT2D eigenvalue weighted by Gasteiger charge is 2.41. The number of hydrogen-bond donors (Lipinski definition) is 0. The first-order valence-electron chi connectivity index (χ1n) is 6.57. The van der Waals surface area contributed by atoms with Crippen LogP contribution in [0.25, 0.3) is 0 Å². The van der Waals surface area contributed by atoms with Crippen molar-refractivity contribution in [3.05, 3.63) is 0 Å². The van der Waals surface area contributed by atoms with E-state index in [1.807, 2.05) is 0 Å². The van der Waals surface area contributed by atoms with Gasteiger partial charge in [-0.25, -0.2) is 0 Å². The molecule has 14 heavy (non-hydrogen) atoms. The van der Waals surface area contributed by atoms with Gasteiger partial charge in [-0.15, -0.1) is 0 Å². The van der Waals surface area contributed by atoms with Gasteiger partial charge < -0.3 is 0 Å². The molecule has 0 saturated heterocycles. The van der Waals surface area contributed by atoms with Crippen LogP contribution in [-0.2, 0) is 0 Å². The maximum Gasteiger partial charge on any atom is -0.0334 e. The fourth-order valence-electron chi connectivity index (χ4n) is 3.47. The Balaban J connectivity index is 2.37. The third-order valence-corrected chi connectivity index (χ3v) is 4.31. The smallest absolute Gasteiger partial charge is 0.0334 e. The molecule has 0 heteroatoms. The highest BCUT2D eigenvalue weighted by atomic mass is 14.5. The average molecular weight is 196 g/mol. The topological polar surface area (TPSA) is 0 Å². The third kappa shape index (κ3) is 2.52. The fourth-order valence-corrected chi connectivity index (χ4v) is 3.47. The second-order valence-electron chi connectivity index (χ2n) is 5.82. The molecule has 0 radical (unpaired) electrons. The van der Waals surface area contributed by atoms with Crippen LogP contribution in [-0.4, -0.2) is 0 Å². The molecule has 0 N–H and O–H groups in total. The lowest BCUT2D eigenvalue weighted by atomic mass is 9.56. The van der Waals surface area contributed by atoms with Gasteiger partial charge in [-0.2, -0.15) is 0 Å². The van der Waals surface area contributed by atoms with E-state index < -0.39 is 0 Å². The molecule has 1 aliphatic carbocycles. The standard InChI is InChI=1S/C14H28/c1-6-7-8-11(4)13-9-12(5)14(13)10(2)3/h10-14H,6-9H2,1-5H3. The Labute approximate surface area is 90.5 Å². The molecule has 0 aliphatic heterocycles. The molecule has 0 amide bonds. The fraction of sp³-hybridized carbons (Fsp3) is 1.00. The Bertz CT molecular complexity index is 155. The second-order valence-corrected chi connectivity index (χ2v) is 5.82. The molecule has 0 spiro atoms. The first-order valence-corrected chi connectivity index (χ1v) is 6.57. The van der Waals surface area contributed by atoms with Crippen molar-refractivity contribution in [3.8, 4) is 0 Å². The van der Waals surface area contributed by atoms with E-state index in [1.54, 1.807) is 0 Å². The molecule has 4 atom stereocenters. The molecule has 0 aromatic rings. The third-order valence-electron chi connectivity index (χ3n) is 4.31. The second kappa shape index (κ2) is 5.19. The number of rotatable bonds is 5. The summed E-state index contributed by atoms with van der Waals surface area (Å²) in [6, 6.07) is 0. The van der Waals surface area contributed by atoms with Crippen LogP contribution >= 0.6 is 0 Å². The van der Waals surface area contributed by atoms with Gasteiger partial charge in [0.05, 0.1) is 0 Å². The zero-order valence-electron chi connectivity index (χ0n) is 10.7. The molecule has 1 aliphatic rings. The highest BCUT2D eigenvalue weighted by Crippen LogP contribution is 2.49. The molecule has 4 unspecified atom stereocenters. The van der Waals surface area contributed by atoms with Crippen LogP contribution in [0.4, 0.5) is 0 Å². The minimum absolute atomic E-state index is 0.896. The minimum atomic E-state index is 0.896. The minimum Gasteiger partial charge on any atom is -0.0654 e. The molecule has 0 aromatic heterocycles. The molecular weight excluding hydrogens is 168 g/mol. The largest absolute Gasteiger partial charge is 0.0654 e. The Morgan fingerprint density at radius 2 is 1.86 bits per heavy atom. The summed E-state index contributed by atoms with van der Waals surface area (Å²) in [5.74, 6) is 4.91. The molecule has 1 fully saturated rings. The molecule has 0 heterocycles. The van der Waals surface area contributed by atoms with Gasteiger partial charge in [-0.3, -0.25) is 0 Å². The van der Waals surface area contributed by atoms with E-state index in [2.05, 4.69) is 34.6 Å². The van der Waals surface area contributed by atoms with Crippen LogP contribution in [0.15, 0.2) is 0 Å². The SMILES string of the molecule is CCCCC(C)C1CC(C)C1C(C)C. The van der Waals surface area contributed by atoms with Gasteiger partial charge in [0.25, 0.3) is 0 Å². The zero-order chi connectivity index (χ0) is 10.7. The maximum atomic E-state index is 2.47. The quantitative estimate of drug-likeness (QED) is 0.595. The number of hydrogen-bond acceptors (Lipinski definition) is 0. The molecule has 0 nitrogen and oxygen atoms in total. The number of unbranched alkanes of at least 4 members (excludes halogenated alkanes) is 1. The van der Waals surface area contributed by atoms with E-state index in [9.17, 15) is 0 Å². The van der Waals surface area contributed by atoms with Crippen LogP contribution in [0.1, 0.15) is 60.3 Å². The van der Waals surface area contributed by atoms with Gasteiger partial charge in [-0.05, 0) is 36.0 Å². The maximum absolute atomic E-state index is 2.47. The van der Waals surface area contributed by atoms with Gasteiger partial charge in [0, 0.05) is 0 Å². The van der Waals surface area contributed by atoms with Gasteiger partial charge in [0.15, 0.2) is 0 Å². The van der Waals surface area contributed by atoms with Gasteiger partial charge in [0.1, 0.15) is 0 Å². The highest BCUT2D eigenvalue weighted by molar-refractivity contribution is 4.90.